The van der Waals surface area contributed by atoms with Crippen LogP contribution in [0.3, 0.4) is 0 Å². The standard InChI is InChI=1S/C10H13N3/c1-10(2,7-11)9(12)8-3-5-13-6-4-8/h3-6,9H,12H2,1-2H3. The van der Waals surface area contributed by atoms with E-state index in [1.807, 2.05) is 26.0 Å². The molecule has 0 amide bonds. The first-order valence-electron chi connectivity index (χ1n) is 4.14. The third kappa shape index (κ3) is 2.04. The number of rotatable bonds is 2. The molecule has 1 aromatic rings. The monoisotopic (exact) mass is 175 g/mol. The molecule has 1 rings (SSSR count). The van der Waals surface area contributed by atoms with Gasteiger partial charge in [0.05, 0.1) is 11.5 Å². The van der Waals surface area contributed by atoms with Gasteiger partial charge in [-0.1, -0.05) is 0 Å². The van der Waals surface area contributed by atoms with Crippen LogP contribution in [0.25, 0.3) is 0 Å². The Morgan fingerprint density at radius 2 is 2.00 bits per heavy atom. The Morgan fingerprint density at radius 3 is 2.46 bits per heavy atom. The third-order valence-corrected chi connectivity index (χ3v) is 2.13. The lowest BCUT2D eigenvalue weighted by molar-refractivity contribution is 0.393. The van der Waals surface area contributed by atoms with Gasteiger partial charge in [0.2, 0.25) is 0 Å². The second-order valence-electron chi connectivity index (χ2n) is 3.59. The van der Waals surface area contributed by atoms with Crippen molar-refractivity contribution in [2.75, 3.05) is 0 Å². The molecule has 0 fully saturated rings. The lowest BCUT2D eigenvalue weighted by Gasteiger charge is -2.24. The molecule has 1 aromatic heterocycles. The van der Waals surface area contributed by atoms with Gasteiger partial charge in [-0.15, -0.1) is 0 Å². The number of nitrogens with zero attached hydrogens (tertiary/aromatic N) is 2. The second kappa shape index (κ2) is 3.55. The Morgan fingerprint density at radius 1 is 1.46 bits per heavy atom. The molecule has 13 heavy (non-hydrogen) atoms. The van der Waals surface area contributed by atoms with Gasteiger partial charge in [-0.05, 0) is 31.5 Å². The number of hydrogen-bond acceptors (Lipinski definition) is 3. The van der Waals surface area contributed by atoms with E-state index in [0.29, 0.717) is 0 Å². The summed E-state index contributed by atoms with van der Waals surface area (Å²) in [5.41, 5.74) is 6.34. The highest BCUT2D eigenvalue weighted by molar-refractivity contribution is 5.20. The third-order valence-electron chi connectivity index (χ3n) is 2.13. The number of hydrogen-bond donors (Lipinski definition) is 1. The largest absolute Gasteiger partial charge is 0.323 e. The minimum Gasteiger partial charge on any atom is -0.323 e. The van der Waals surface area contributed by atoms with Crippen LogP contribution >= 0.6 is 0 Å². The van der Waals surface area contributed by atoms with E-state index in [1.165, 1.54) is 0 Å². The molecule has 0 aromatic carbocycles. The van der Waals surface area contributed by atoms with Crippen LogP contribution in [0.5, 0.6) is 0 Å². The summed E-state index contributed by atoms with van der Waals surface area (Å²) >= 11 is 0. The van der Waals surface area contributed by atoms with Crippen LogP contribution in [0.1, 0.15) is 25.5 Å². The van der Waals surface area contributed by atoms with E-state index in [9.17, 15) is 0 Å². The summed E-state index contributed by atoms with van der Waals surface area (Å²) in [4.78, 5) is 3.90. The summed E-state index contributed by atoms with van der Waals surface area (Å²) in [6, 6.07) is 5.60. The van der Waals surface area contributed by atoms with E-state index < -0.39 is 5.41 Å². The quantitative estimate of drug-likeness (QED) is 0.743. The molecule has 2 N–H and O–H groups in total. The van der Waals surface area contributed by atoms with Gasteiger partial charge in [-0.2, -0.15) is 5.26 Å². The van der Waals surface area contributed by atoms with Gasteiger partial charge in [0, 0.05) is 18.4 Å². The second-order valence-corrected chi connectivity index (χ2v) is 3.59. The summed E-state index contributed by atoms with van der Waals surface area (Å²) < 4.78 is 0. The van der Waals surface area contributed by atoms with Gasteiger partial charge in [-0.3, -0.25) is 4.98 Å². The molecule has 0 spiro atoms. The van der Waals surface area contributed by atoms with Gasteiger partial charge in [0.25, 0.3) is 0 Å². The fourth-order valence-corrected chi connectivity index (χ4v) is 1.06. The van der Waals surface area contributed by atoms with Crippen LogP contribution in [0.4, 0.5) is 0 Å². The van der Waals surface area contributed by atoms with Crippen LogP contribution in [0.2, 0.25) is 0 Å². The SMILES string of the molecule is CC(C)(C#N)C(N)c1ccncc1. The van der Waals surface area contributed by atoms with Crippen molar-refractivity contribution in [3.8, 4) is 6.07 Å². The van der Waals surface area contributed by atoms with Crippen LogP contribution in [0.15, 0.2) is 24.5 Å². The maximum atomic E-state index is 8.88. The average molecular weight is 175 g/mol. The van der Waals surface area contributed by atoms with E-state index in [-0.39, 0.29) is 6.04 Å². The molecule has 1 unspecified atom stereocenters. The molecule has 0 saturated carbocycles. The summed E-state index contributed by atoms with van der Waals surface area (Å²) in [6.45, 7) is 3.66. The summed E-state index contributed by atoms with van der Waals surface area (Å²) in [5.74, 6) is 0. The molecule has 1 heterocycles. The van der Waals surface area contributed by atoms with Gasteiger partial charge < -0.3 is 5.73 Å². The normalized spacial score (nSPS) is 13.4. The van der Waals surface area contributed by atoms with Gasteiger partial charge in [-0.25, -0.2) is 0 Å². The molecule has 0 radical (unpaired) electrons. The predicted molar refractivity (Wildman–Crippen MR) is 50.6 cm³/mol. The van der Waals surface area contributed by atoms with E-state index in [4.69, 9.17) is 11.0 Å². The predicted octanol–water partition coefficient (Wildman–Crippen LogP) is 1.63. The summed E-state index contributed by atoms with van der Waals surface area (Å²) in [6.07, 6.45) is 3.37. The van der Waals surface area contributed by atoms with E-state index in [1.54, 1.807) is 12.4 Å². The first kappa shape index (κ1) is 9.69. The zero-order chi connectivity index (χ0) is 9.90. The molecule has 3 heteroatoms. The van der Waals surface area contributed by atoms with Crippen LogP contribution in [-0.4, -0.2) is 4.98 Å². The Bertz CT molecular complexity index is 311. The molecule has 0 saturated heterocycles. The summed E-state index contributed by atoms with van der Waals surface area (Å²) in [7, 11) is 0. The smallest absolute Gasteiger partial charge is 0.0710 e. The maximum absolute atomic E-state index is 8.88. The highest BCUT2D eigenvalue weighted by Gasteiger charge is 2.27. The number of nitrogens with two attached hydrogens (primary N) is 1. The van der Waals surface area contributed by atoms with E-state index in [2.05, 4.69) is 11.1 Å². The Balaban J connectivity index is 2.94. The minimum atomic E-state index is -0.540. The van der Waals surface area contributed by atoms with Crippen molar-refractivity contribution in [2.45, 2.75) is 19.9 Å². The molecule has 1 atom stereocenters. The van der Waals surface area contributed by atoms with Gasteiger partial charge in [0.1, 0.15) is 0 Å². The van der Waals surface area contributed by atoms with Crippen molar-refractivity contribution >= 4 is 0 Å². The van der Waals surface area contributed by atoms with Crippen LogP contribution in [0, 0.1) is 16.7 Å². The number of pyridine rings is 1. The van der Waals surface area contributed by atoms with Crippen molar-refractivity contribution in [3.63, 3.8) is 0 Å². The highest BCUT2D eigenvalue weighted by atomic mass is 14.7. The van der Waals surface area contributed by atoms with Gasteiger partial charge >= 0.3 is 0 Å². The molecule has 3 nitrogen and oxygen atoms in total. The van der Waals surface area contributed by atoms with Crippen LogP contribution in [-0.2, 0) is 0 Å². The number of aromatic nitrogens is 1. The van der Waals surface area contributed by atoms with E-state index >= 15 is 0 Å². The molecule has 0 aliphatic carbocycles. The molecule has 0 aliphatic heterocycles. The van der Waals surface area contributed by atoms with Crippen molar-refractivity contribution in [2.24, 2.45) is 11.1 Å². The first-order chi connectivity index (χ1) is 6.08. The zero-order valence-electron chi connectivity index (χ0n) is 7.86. The first-order valence-corrected chi connectivity index (χ1v) is 4.14. The highest BCUT2D eigenvalue weighted by Crippen LogP contribution is 2.29. The molecule has 68 valence electrons. The van der Waals surface area contributed by atoms with Gasteiger partial charge in [0.15, 0.2) is 0 Å². The van der Waals surface area contributed by atoms with Crippen molar-refractivity contribution in [1.82, 2.24) is 4.98 Å². The molecule has 0 aliphatic rings. The minimum absolute atomic E-state index is 0.263. The Hall–Kier alpha value is -1.40. The fourth-order valence-electron chi connectivity index (χ4n) is 1.06. The molecular weight excluding hydrogens is 162 g/mol. The Kier molecular flexibility index (Phi) is 2.64. The zero-order valence-corrected chi connectivity index (χ0v) is 7.86. The number of nitriles is 1. The van der Waals surface area contributed by atoms with Crippen LogP contribution < -0.4 is 5.73 Å². The Labute approximate surface area is 78.2 Å². The van der Waals surface area contributed by atoms with Crippen molar-refractivity contribution in [1.29, 1.82) is 5.26 Å². The topological polar surface area (TPSA) is 62.7 Å². The lowest BCUT2D eigenvalue weighted by Crippen LogP contribution is -2.27. The lowest BCUT2D eigenvalue weighted by atomic mass is 9.83. The van der Waals surface area contributed by atoms with E-state index in [0.717, 1.165) is 5.56 Å². The average Bonchev–Trinajstić information content (AvgIpc) is 2.18. The van der Waals surface area contributed by atoms with Crippen molar-refractivity contribution in [3.05, 3.63) is 30.1 Å². The van der Waals surface area contributed by atoms with Crippen molar-refractivity contribution < 1.29 is 0 Å². The maximum Gasteiger partial charge on any atom is 0.0710 e. The summed E-state index contributed by atoms with van der Waals surface area (Å²) in [5, 5.41) is 8.88. The molecule has 0 bridgehead atoms. The molecular formula is C10H13N3. The fraction of sp³-hybridized carbons (Fsp3) is 0.400.